The van der Waals surface area contributed by atoms with Crippen molar-refractivity contribution in [3.05, 3.63) is 41.6 Å². The van der Waals surface area contributed by atoms with Crippen molar-refractivity contribution < 1.29 is 13.9 Å². The standard InChI is InChI=1S/C16H22N4O3/c1-19(2)15(21)10-20-9-13-4-6-23-14(16(13)18-20)8-17-7-12-3-5-22-11-12/h3,5,9,11,14,17H,4,6-8,10H2,1-2H3. The molecule has 0 aromatic carbocycles. The Kier molecular flexibility index (Phi) is 4.78. The van der Waals surface area contributed by atoms with Gasteiger partial charge in [-0.25, -0.2) is 0 Å². The van der Waals surface area contributed by atoms with Crippen molar-refractivity contribution in [2.75, 3.05) is 27.2 Å². The van der Waals surface area contributed by atoms with Crippen molar-refractivity contribution in [3.8, 4) is 0 Å². The molecule has 0 spiro atoms. The molecule has 1 aliphatic heterocycles. The molecule has 0 radical (unpaired) electrons. The first-order valence-electron chi connectivity index (χ1n) is 7.73. The number of hydrogen-bond acceptors (Lipinski definition) is 5. The normalized spacial score (nSPS) is 17.0. The lowest BCUT2D eigenvalue weighted by Crippen LogP contribution is -2.28. The maximum Gasteiger partial charge on any atom is 0.243 e. The topological polar surface area (TPSA) is 72.5 Å². The molecule has 0 aliphatic carbocycles. The van der Waals surface area contributed by atoms with Gasteiger partial charge in [0.05, 0.1) is 24.8 Å². The summed E-state index contributed by atoms with van der Waals surface area (Å²) in [7, 11) is 3.49. The molecule has 1 atom stereocenters. The molecule has 2 aromatic rings. The fourth-order valence-corrected chi connectivity index (χ4v) is 2.59. The van der Waals surface area contributed by atoms with Gasteiger partial charge in [0.2, 0.25) is 5.91 Å². The highest BCUT2D eigenvalue weighted by molar-refractivity contribution is 5.75. The quantitative estimate of drug-likeness (QED) is 0.859. The number of carbonyl (C=O) groups excluding carboxylic acids is 1. The number of nitrogens with one attached hydrogen (secondary N) is 1. The van der Waals surface area contributed by atoms with Gasteiger partial charge in [0.1, 0.15) is 12.6 Å². The minimum Gasteiger partial charge on any atom is -0.472 e. The molecule has 1 aliphatic rings. The molecule has 0 fully saturated rings. The molecule has 1 N–H and O–H groups in total. The first-order chi connectivity index (χ1) is 11.1. The van der Waals surface area contributed by atoms with Crippen molar-refractivity contribution in [1.82, 2.24) is 20.0 Å². The largest absolute Gasteiger partial charge is 0.472 e. The lowest BCUT2D eigenvalue weighted by molar-refractivity contribution is -0.129. The van der Waals surface area contributed by atoms with Gasteiger partial charge in [-0.05, 0) is 18.1 Å². The fraction of sp³-hybridized carbons (Fsp3) is 0.500. The van der Waals surface area contributed by atoms with E-state index < -0.39 is 0 Å². The molecule has 0 bridgehead atoms. The molecule has 2 aromatic heterocycles. The van der Waals surface area contributed by atoms with Crippen molar-refractivity contribution in [2.45, 2.75) is 25.6 Å². The van der Waals surface area contributed by atoms with E-state index in [1.807, 2.05) is 12.3 Å². The van der Waals surface area contributed by atoms with Gasteiger partial charge >= 0.3 is 0 Å². The van der Waals surface area contributed by atoms with Crippen molar-refractivity contribution in [1.29, 1.82) is 0 Å². The Bertz CT molecular complexity index is 648. The Labute approximate surface area is 135 Å². The number of rotatable bonds is 6. The molecule has 3 heterocycles. The molecule has 7 heteroatoms. The fourth-order valence-electron chi connectivity index (χ4n) is 2.59. The van der Waals surface area contributed by atoms with Crippen LogP contribution in [0.25, 0.3) is 0 Å². The first kappa shape index (κ1) is 15.8. The zero-order chi connectivity index (χ0) is 16.2. The number of fused-ring (bicyclic) bond motifs is 1. The molecule has 1 unspecified atom stereocenters. The van der Waals surface area contributed by atoms with E-state index >= 15 is 0 Å². The summed E-state index contributed by atoms with van der Waals surface area (Å²) in [5.41, 5.74) is 3.20. The average molecular weight is 318 g/mol. The first-order valence-corrected chi connectivity index (χ1v) is 7.73. The zero-order valence-electron chi connectivity index (χ0n) is 13.5. The zero-order valence-corrected chi connectivity index (χ0v) is 13.5. The Balaban J connectivity index is 1.62. The molecule has 23 heavy (non-hydrogen) atoms. The van der Waals surface area contributed by atoms with E-state index in [4.69, 9.17) is 9.15 Å². The van der Waals surface area contributed by atoms with Crippen LogP contribution in [0.1, 0.15) is 22.9 Å². The second-order valence-corrected chi connectivity index (χ2v) is 5.90. The van der Waals surface area contributed by atoms with E-state index in [0.717, 1.165) is 29.8 Å². The number of likely N-dealkylation sites (N-methyl/N-ethyl adjacent to an activating group) is 1. The highest BCUT2D eigenvalue weighted by Gasteiger charge is 2.25. The molecule has 7 nitrogen and oxygen atoms in total. The van der Waals surface area contributed by atoms with Crippen LogP contribution < -0.4 is 5.32 Å². The van der Waals surface area contributed by atoms with Gasteiger partial charge in [-0.15, -0.1) is 0 Å². The van der Waals surface area contributed by atoms with Crippen LogP contribution in [0.2, 0.25) is 0 Å². The van der Waals surface area contributed by atoms with Gasteiger partial charge in [0.25, 0.3) is 0 Å². The van der Waals surface area contributed by atoms with Crippen LogP contribution in [0.4, 0.5) is 0 Å². The number of amides is 1. The van der Waals surface area contributed by atoms with Crippen LogP contribution in [-0.2, 0) is 29.0 Å². The van der Waals surface area contributed by atoms with Crippen LogP contribution in [0, 0.1) is 0 Å². The van der Waals surface area contributed by atoms with Gasteiger partial charge in [0, 0.05) is 38.9 Å². The summed E-state index contributed by atoms with van der Waals surface area (Å²) >= 11 is 0. The van der Waals surface area contributed by atoms with Crippen LogP contribution in [0.3, 0.4) is 0 Å². The van der Waals surface area contributed by atoms with E-state index in [-0.39, 0.29) is 18.6 Å². The minimum absolute atomic E-state index is 0.0281. The summed E-state index contributed by atoms with van der Waals surface area (Å²) in [6.45, 7) is 2.34. The number of ether oxygens (including phenoxy) is 1. The Morgan fingerprint density at radius 3 is 3.13 bits per heavy atom. The summed E-state index contributed by atoms with van der Waals surface area (Å²) in [4.78, 5) is 13.4. The summed E-state index contributed by atoms with van der Waals surface area (Å²) in [6, 6.07) is 1.93. The molecular formula is C16H22N4O3. The third kappa shape index (κ3) is 3.80. The summed E-state index contributed by atoms with van der Waals surface area (Å²) < 4.78 is 12.6. The smallest absolute Gasteiger partial charge is 0.243 e. The Hall–Kier alpha value is -2.12. The van der Waals surface area contributed by atoms with Crippen LogP contribution >= 0.6 is 0 Å². The third-order valence-corrected chi connectivity index (χ3v) is 3.90. The van der Waals surface area contributed by atoms with Gasteiger partial charge in [-0.2, -0.15) is 5.10 Å². The molecule has 0 saturated heterocycles. The van der Waals surface area contributed by atoms with Crippen LogP contribution in [0.5, 0.6) is 0 Å². The predicted molar refractivity (Wildman–Crippen MR) is 83.7 cm³/mol. The number of nitrogens with zero attached hydrogens (tertiary/aromatic N) is 3. The van der Waals surface area contributed by atoms with Crippen molar-refractivity contribution in [2.24, 2.45) is 0 Å². The Morgan fingerprint density at radius 1 is 1.52 bits per heavy atom. The van der Waals surface area contributed by atoms with E-state index in [2.05, 4.69) is 10.4 Å². The highest BCUT2D eigenvalue weighted by atomic mass is 16.5. The van der Waals surface area contributed by atoms with Crippen molar-refractivity contribution in [3.63, 3.8) is 0 Å². The lowest BCUT2D eigenvalue weighted by atomic mass is 10.1. The number of hydrogen-bond donors (Lipinski definition) is 1. The third-order valence-electron chi connectivity index (χ3n) is 3.90. The summed E-state index contributed by atoms with van der Waals surface area (Å²) in [5.74, 6) is 0.0281. The van der Waals surface area contributed by atoms with Crippen LogP contribution in [-0.4, -0.2) is 47.8 Å². The predicted octanol–water partition coefficient (Wildman–Crippen LogP) is 0.968. The monoisotopic (exact) mass is 318 g/mol. The van der Waals surface area contributed by atoms with Gasteiger partial charge in [-0.1, -0.05) is 0 Å². The maximum atomic E-state index is 11.8. The molecule has 1 amide bonds. The van der Waals surface area contributed by atoms with Gasteiger partial charge < -0.3 is 19.4 Å². The summed E-state index contributed by atoms with van der Waals surface area (Å²) in [5, 5.41) is 7.91. The van der Waals surface area contributed by atoms with E-state index in [1.54, 1.807) is 36.2 Å². The van der Waals surface area contributed by atoms with Crippen molar-refractivity contribution >= 4 is 5.91 Å². The minimum atomic E-state index is -0.0821. The average Bonchev–Trinajstić information content (AvgIpc) is 3.16. The lowest BCUT2D eigenvalue weighted by Gasteiger charge is -2.22. The maximum absolute atomic E-state index is 11.8. The van der Waals surface area contributed by atoms with E-state index in [1.165, 1.54) is 0 Å². The number of furan rings is 1. The molecular weight excluding hydrogens is 296 g/mol. The number of aromatic nitrogens is 2. The summed E-state index contributed by atoms with van der Waals surface area (Å²) in [6.07, 6.45) is 6.10. The SMILES string of the molecule is CN(C)C(=O)Cn1cc2c(n1)C(CNCc1ccoc1)OCC2. The molecule has 0 saturated carbocycles. The van der Waals surface area contributed by atoms with E-state index in [9.17, 15) is 4.79 Å². The highest BCUT2D eigenvalue weighted by Crippen LogP contribution is 2.25. The van der Waals surface area contributed by atoms with E-state index in [0.29, 0.717) is 13.2 Å². The van der Waals surface area contributed by atoms with Crippen LogP contribution in [0.15, 0.2) is 29.2 Å². The number of carbonyl (C=O) groups is 1. The molecule has 124 valence electrons. The second kappa shape index (κ2) is 6.97. The van der Waals surface area contributed by atoms with Gasteiger partial charge in [0.15, 0.2) is 0 Å². The van der Waals surface area contributed by atoms with Gasteiger partial charge in [-0.3, -0.25) is 9.48 Å². The molecule has 3 rings (SSSR count). The second-order valence-electron chi connectivity index (χ2n) is 5.90. The Morgan fingerprint density at radius 2 is 2.39 bits per heavy atom.